The lowest BCUT2D eigenvalue weighted by Crippen LogP contribution is -2.50. The van der Waals surface area contributed by atoms with Crippen molar-refractivity contribution in [3.63, 3.8) is 0 Å². The molecule has 0 bridgehead atoms. The zero-order chi connectivity index (χ0) is 20.8. The Labute approximate surface area is 166 Å². The molecule has 2 atom stereocenters. The van der Waals surface area contributed by atoms with E-state index in [1.165, 1.54) is 0 Å². The molecule has 1 aliphatic heterocycles. The average Bonchev–Trinajstić information content (AvgIpc) is 3.23. The molecule has 0 radical (unpaired) electrons. The van der Waals surface area contributed by atoms with E-state index in [4.69, 9.17) is 10.5 Å². The monoisotopic (exact) mass is 396 g/mol. The van der Waals surface area contributed by atoms with Crippen LogP contribution in [-0.2, 0) is 14.3 Å². The minimum atomic E-state index is -1.81. The van der Waals surface area contributed by atoms with Gasteiger partial charge in [-0.1, -0.05) is 48.5 Å². The molecule has 8 heteroatoms. The van der Waals surface area contributed by atoms with E-state index in [2.05, 4.69) is 0 Å². The largest absolute Gasteiger partial charge is 0.480 e. The first-order valence-corrected chi connectivity index (χ1v) is 9.18. The van der Waals surface area contributed by atoms with E-state index in [0.717, 1.165) is 27.2 Å². The Kier molecular flexibility index (Phi) is 4.50. The van der Waals surface area contributed by atoms with E-state index in [1.54, 1.807) is 0 Å². The van der Waals surface area contributed by atoms with Gasteiger partial charge in [-0.25, -0.2) is 9.59 Å². The molecule has 0 spiro atoms. The van der Waals surface area contributed by atoms with Gasteiger partial charge in [0.1, 0.15) is 18.2 Å². The Morgan fingerprint density at radius 2 is 1.59 bits per heavy atom. The van der Waals surface area contributed by atoms with Crippen molar-refractivity contribution < 1.29 is 29.3 Å². The summed E-state index contributed by atoms with van der Waals surface area (Å²) in [4.78, 5) is 36.5. The lowest BCUT2D eigenvalue weighted by atomic mass is 9.98. The SMILES string of the molecule is NC1(C(=O)O)CC(C(=O)O)N(C(=O)OCC2c3ccccc3-c3ccccc32)C1. The topological polar surface area (TPSA) is 130 Å². The number of aliphatic carboxylic acids is 2. The second-order valence-electron chi connectivity index (χ2n) is 7.45. The summed E-state index contributed by atoms with van der Waals surface area (Å²) in [5.41, 5.74) is 8.17. The Morgan fingerprint density at radius 3 is 2.10 bits per heavy atom. The van der Waals surface area contributed by atoms with Crippen molar-refractivity contribution in [1.82, 2.24) is 4.90 Å². The summed E-state index contributed by atoms with van der Waals surface area (Å²) in [6, 6.07) is 14.3. The van der Waals surface area contributed by atoms with Crippen LogP contribution in [0.15, 0.2) is 48.5 Å². The summed E-state index contributed by atoms with van der Waals surface area (Å²) in [5, 5.41) is 18.7. The Morgan fingerprint density at radius 1 is 1.03 bits per heavy atom. The second-order valence-corrected chi connectivity index (χ2v) is 7.45. The number of likely N-dealkylation sites (tertiary alicyclic amines) is 1. The minimum Gasteiger partial charge on any atom is -0.480 e. The highest BCUT2D eigenvalue weighted by Crippen LogP contribution is 2.44. The van der Waals surface area contributed by atoms with Gasteiger partial charge >= 0.3 is 18.0 Å². The third-order valence-corrected chi connectivity index (χ3v) is 5.67. The second kappa shape index (κ2) is 6.89. The summed E-state index contributed by atoms with van der Waals surface area (Å²) < 4.78 is 5.45. The summed E-state index contributed by atoms with van der Waals surface area (Å²) in [6.07, 6.45) is -1.25. The van der Waals surface area contributed by atoms with Crippen LogP contribution in [0.1, 0.15) is 23.5 Å². The fourth-order valence-electron chi connectivity index (χ4n) is 4.18. The number of hydrogen-bond acceptors (Lipinski definition) is 5. The summed E-state index contributed by atoms with van der Waals surface area (Å²) in [7, 11) is 0. The first-order chi connectivity index (χ1) is 13.8. The number of carbonyl (C=O) groups excluding carboxylic acids is 1. The number of carboxylic acids is 2. The molecular formula is C21H20N2O6. The predicted molar refractivity (Wildman–Crippen MR) is 102 cm³/mol. The van der Waals surface area contributed by atoms with E-state index in [1.807, 2.05) is 48.5 Å². The lowest BCUT2D eigenvalue weighted by molar-refractivity contribution is -0.143. The van der Waals surface area contributed by atoms with Crippen LogP contribution in [0.3, 0.4) is 0 Å². The molecule has 2 aliphatic rings. The fraction of sp³-hybridized carbons (Fsp3) is 0.286. The number of fused-ring (bicyclic) bond motifs is 3. The zero-order valence-electron chi connectivity index (χ0n) is 15.4. The molecule has 0 aromatic heterocycles. The first-order valence-electron chi connectivity index (χ1n) is 9.18. The van der Waals surface area contributed by atoms with Crippen LogP contribution in [0, 0.1) is 0 Å². The molecule has 1 aliphatic carbocycles. The highest BCUT2D eigenvalue weighted by molar-refractivity contribution is 5.87. The fourth-order valence-corrected chi connectivity index (χ4v) is 4.18. The number of hydrogen-bond donors (Lipinski definition) is 3. The van der Waals surface area contributed by atoms with Crippen molar-refractivity contribution >= 4 is 18.0 Å². The molecule has 1 amide bonds. The number of amides is 1. The van der Waals surface area contributed by atoms with E-state index < -0.39 is 36.2 Å². The van der Waals surface area contributed by atoms with E-state index >= 15 is 0 Å². The van der Waals surface area contributed by atoms with E-state index in [0.29, 0.717) is 0 Å². The van der Waals surface area contributed by atoms with Gasteiger partial charge in [-0.2, -0.15) is 0 Å². The molecule has 29 heavy (non-hydrogen) atoms. The maximum Gasteiger partial charge on any atom is 0.410 e. The highest BCUT2D eigenvalue weighted by Gasteiger charge is 2.52. The Balaban J connectivity index is 1.54. The summed E-state index contributed by atoms with van der Waals surface area (Å²) >= 11 is 0. The van der Waals surface area contributed by atoms with Crippen LogP contribution in [0.2, 0.25) is 0 Å². The molecular weight excluding hydrogens is 376 g/mol. The van der Waals surface area contributed by atoms with Gasteiger partial charge in [0.15, 0.2) is 0 Å². The number of carboxylic acid groups (broad SMARTS) is 2. The van der Waals surface area contributed by atoms with Crippen LogP contribution in [0.4, 0.5) is 4.79 Å². The molecule has 4 N–H and O–H groups in total. The van der Waals surface area contributed by atoms with Crippen LogP contribution in [0.5, 0.6) is 0 Å². The maximum atomic E-state index is 12.6. The van der Waals surface area contributed by atoms with Crippen molar-refractivity contribution in [2.45, 2.75) is 23.9 Å². The standard InChI is InChI=1S/C21H20N2O6/c22-21(19(26)27)9-17(18(24)25)23(11-21)20(28)29-10-16-14-7-3-1-5-12(14)13-6-2-4-8-15(13)16/h1-8,16-17H,9-11,22H2,(H,24,25)(H,26,27). The van der Waals surface area contributed by atoms with Crippen molar-refractivity contribution in [3.05, 3.63) is 59.7 Å². The lowest BCUT2D eigenvalue weighted by Gasteiger charge is -2.23. The van der Waals surface area contributed by atoms with Gasteiger partial charge < -0.3 is 20.7 Å². The summed E-state index contributed by atoms with van der Waals surface area (Å²) in [5.74, 6) is -2.84. The quantitative estimate of drug-likeness (QED) is 0.719. The van der Waals surface area contributed by atoms with Crippen LogP contribution in [-0.4, -0.2) is 57.9 Å². The normalized spacial score (nSPS) is 22.8. The van der Waals surface area contributed by atoms with Gasteiger partial charge in [-0.3, -0.25) is 9.69 Å². The van der Waals surface area contributed by atoms with Gasteiger partial charge in [-0.15, -0.1) is 0 Å². The number of nitrogens with two attached hydrogens (primary N) is 1. The van der Waals surface area contributed by atoms with Gasteiger partial charge in [0.05, 0.1) is 6.54 Å². The molecule has 2 aromatic carbocycles. The number of rotatable bonds is 4. The van der Waals surface area contributed by atoms with Gasteiger partial charge in [0.25, 0.3) is 0 Å². The molecule has 2 aromatic rings. The van der Waals surface area contributed by atoms with Crippen molar-refractivity contribution in [2.75, 3.05) is 13.2 Å². The summed E-state index contributed by atoms with van der Waals surface area (Å²) in [6.45, 7) is -0.406. The number of ether oxygens (including phenoxy) is 1. The third kappa shape index (κ3) is 3.11. The minimum absolute atomic E-state index is 0.0142. The zero-order valence-corrected chi connectivity index (χ0v) is 15.4. The predicted octanol–water partition coefficient (Wildman–Crippen LogP) is 1.88. The van der Waals surface area contributed by atoms with Gasteiger partial charge in [-0.05, 0) is 22.3 Å². The molecule has 4 rings (SSSR count). The van der Waals surface area contributed by atoms with Gasteiger partial charge in [0, 0.05) is 12.3 Å². The smallest absolute Gasteiger partial charge is 0.410 e. The molecule has 150 valence electrons. The van der Waals surface area contributed by atoms with Crippen LogP contribution >= 0.6 is 0 Å². The Hall–Kier alpha value is -3.39. The molecule has 0 saturated carbocycles. The number of benzene rings is 2. The van der Waals surface area contributed by atoms with E-state index in [-0.39, 0.29) is 18.9 Å². The molecule has 2 unspecified atom stereocenters. The van der Waals surface area contributed by atoms with Crippen LogP contribution in [0.25, 0.3) is 11.1 Å². The van der Waals surface area contributed by atoms with Crippen molar-refractivity contribution in [3.8, 4) is 11.1 Å². The average molecular weight is 396 g/mol. The van der Waals surface area contributed by atoms with E-state index in [9.17, 15) is 24.6 Å². The molecule has 8 nitrogen and oxygen atoms in total. The molecule has 1 fully saturated rings. The van der Waals surface area contributed by atoms with Crippen LogP contribution < -0.4 is 5.73 Å². The van der Waals surface area contributed by atoms with Crippen molar-refractivity contribution in [1.29, 1.82) is 0 Å². The number of nitrogens with zero attached hydrogens (tertiary/aromatic N) is 1. The highest BCUT2D eigenvalue weighted by atomic mass is 16.6. The molecule has 1 saturated heterocycles. The van der Waals surface area contributed by atoms with Crippen molar-refractivity contribution in [2.24, 2.45) is 5.73 Å². The first kappa shape index (κ1) is 18.9. The third-order valence-electron chi connectivity index (χ3n) is 5.67. The maximum absolute atomic E-state index is 12.6. The van der Waals surface area contributed by atoms with Gasteiger partial charge in [0.2, 0.25) is 0 Å². The Bertz CT molecular complexity index is 961. The number of carbonyl (C=O) groups is 3. The molecule has 1 heterocycles.